The highest BCUT2D eigenvalue weighted by molar-refractivity contribution is 5.85. The molecule has 0 aliphatic heterocycles. The second kappa shape index (κ2) is 16.3. The molecule has 0 radical (unpaired) electrons. The standard InChI is InChI=1S/C21H37N.ClH/c1-3-22(2)20-16-11-9-7-5-4-6-8-10-13-17-21-18-14-12-15-19-21;/h12,14-15,18-19H,3-11,13,16-17,20H2,1-2H3;1H. The summed E-state index contributed by atoms with van der Waals surface area (Å²) in [6.45, 7) is 4.70. The second-order valence-electron chi connectivity index (χ2n) is 6.67. The molecule has 1 aromatic carbocycles. The molecule has 0 saturated carbocycles. The van der Waals surface area contributed by atoms with Gasteiger partial charge in [-0.25, -0.2) is 0 Å². The van der Waals surface area contributed by atoms with E-state index < -0.39 is 0 Å². The highest BCUT2D eigenvalue weighted by Crippen LogP contribution is 2.12. The van der Waals surface area contributed by atoms with Crippen molar-refractivity contribution >= 4 is 12.4 Å². The Kier molecular flexibility index (Phi) is 16.0. The van der Waals surface area contributed by atoms with Crippen LogP contribution in [-0.4, -0.2) is 25.0 Å². The molecular formula is C21H38ClN. The maximum atomic E-state index is 2.41. The van der Waals surface area contributed by atoms with Gasteiger partial charge >= 0.3 is 0 Å². The Morgan fingerprint density at radius 2 is 1.17 bits per heavy atom. The lowest BCUT2D eigenvalue weighted by Gasteiger charge is -2.12. The Labute approximate surface area is 151 Å². The average Bonchev–Trinajstić information content (AvgIpc) is 2.56. The highest BCUT2D eigenvalue weighted by Gasteiger charge is 1.96. The zero-order valence-corrected chi connectivity index (χ0v) is 16.3. The van der Waals surface area contributed by atoms with Gasteiger partial charge in [-0.15, -0.1) is 12.4 Å². The average molecular weight is 340 g/mol. The zero-order valence-electron chi connectivity index (χ0n) is 15.4. The van der Waals surface area contributed by atoms with Gasteiger partial charge in [0.1, 0.15) is 0 Å². The van der Waals surface area contributed by atoms with Crippen LogP contribution in [0.2, 0.25) is 0 Å². The van der Waals surface area contributed by atoms with Crippen molar-refractivity contribution in [2.24, 2.45) is 0 Å². The van der Waals surface area contributed by atoms with Crippen molar-refractivity contribution in [1.29, 1.82) is 0 Å². The van der Waals surface area contributed by atoms with E-state index in [2.05, 4.69) is 49.2 Å². The molecule has 2 heteroatoms. The third-order valence-corrected chi connectivity index (χ3v) is 4.64. The summed E-state index contributed by atoms with van der Waals surface area (Å²) in [6.07, 6.45) is 15.4. The van der Waals surface area contributed by atoms with Crippen LogP contribution in [0.15, 0.2) is 30.3 Å². The molecule has 1 rings (SSSR count). The van der Waals surface area contributed by atoms with Crippen molar-refractivity contribution in [3.63, 3.8) is 0 Å². The number of rotatable bonds is 14. The van der Waals surface area contributed by atoms with Gasteiger partial charge in [-0.2, -0.15) is 0 Å². The summed E-state index contributed by atoms with van der Waals surface area (Å²) in [5, 5.41) is 0. The Morgan fingerprint density at radius 1 is 0.696 bits per heavy atom. The Morgan fingerprint density at radius 3 is 1.70 bits per heavy atom. The first-order chi connectivity index (χ1) is 10.8. The lowest BCUT2D eigenvalue weighted by Crippen LogP contribution is -2.18. The summed E-state index contributed by atoms with van der Waals surface area (Å²) in [6, 6.07) is 10.9. The first-order valence-corrected chi connectivity index (χ1v) is 9.55. The summed E-state index contributed by atoms with van der Waals surface area (Å²) in [7, 11) is 2.22. The van der Waals surface area contributed by atoms with Gasteiger partial charge in [-0.3, -0.25) is 0 Å². The maximum Gasteiger partial charge on any atom is -0.00219 e. The van der Waals surface area contributed by atoms with Crippen LogP contribution in [0.25, 0.3) is 0 Å². The molecule has 0 unspecified atom stereocenters. The predicted octanol–water partition coefficient (Wildman–Crippen LogP) is 6.50. The minimum atomic E-state index is 0. The molecule has 0 atom stereocenters. The minimum absolute atomic E-state index is 0. The summed E-state index contributed by atoms with van der Waals surface area (Å²) in [5.74, 6) is 0. The van der Waals surface area contributed by atoms with Gasteiger partial charge in [0.2, 0.25) is 0 Å². The fourth-order valence-electron chi connectivity index (χ4n) is 2.93. The molecule has 0 aliphatic rings. The van der Waals surface area contributed by atoms with E-state index in [0.717, 1.165) is 0 Å². The van der Waals surface area contributed by atoms with Gasteiger partial charge < -0.3 is 4.90 Å². The molecule has 1 nitrogen and oxygen atoms in total. The SMILES string of the molecule is CCN(C)CCCCCCCCCCCCc1ccccc1.Cl. The third-order valence-electron chi connectivity index (χ3n) is 4.64. The molecule has 0 N–H and O–H groups in total. The van der Waals surface area contributed by atoms with Crippen molar-refractivity contribution in [2.75, 3.05) is 20.1 Å². The van der Waals surface area contributed by atoms with Crippen LogP contribution in [0.1, 0.15) is 76.7 Å². The van der Waals surface area contributed by atoms with Crippen LogP contribution in [-0.2, 0) is 6.42 Å². The molecule has 1 aromatic rings. The van der Waals surface area contributed by atoms with Gasteiger partial charge in [0, 0.05) is 0 Å². The predicted molar refractivity (Wildman–Crippen MR) is 107 cm³/mol. The number of unbranched alkanes of at least 4 members (excludes halogenated alkanes) is 9. The van der Waals surface area contributed by atoms with E-state index >= 15 is 0 Å². The highest BCUT2D eigenvalue weighted by atomic mass is 35.5. The van der Waals surface area contributed by atoms with E-state index in [9.17, 15) is 0 Å². The Bertz CT molecular complexity index is 339. The molecule has 0 aromatic heterocycles. The van der Waals surface area contributed by atoms with Crippen molar-refractivity contribution in [2.45, 2.75) is 77.6 Å². The second-order valence-corrected chi connectivity index (χ2v) is 6.67. The van der Waals surface area contributed by atoms with Crippen LogP contribution in [0, 0.1) is 0 Å². The van der Waals surface area contributed by atoms with E-state index in [0.29, 0.717) is 0 Å². The number of halogens is 1. The molecule has 0 spiro atoms. The van der Waals surface area contributed by atoms with Crippen molar-refractivity contribution < 1.29 is 0 Å². The van der Waals surface area contributed by atoms with Gasteiger partial charge in [-0.05, 0) is 45.0 Å². The first kappa shape index (κ1) is 22.5. The normalized spacial score (nSPS) is 10.7. The zero-order chi connectivity index (χ0) is 15.9. The van der Waals surface area contributed by atoms with Crippen LogP contribution < -0.4 is 0 Å². The molecule has 0 fully saturated rings. The van der Waals surface area contributed by atoms with Gasteiger partial charge in [-0.1, -0.05) is 88.6 Å². The minimum Gasteiger partial charge on any atom is -0.307 e. The van der Waals surface area contributed by atoms with Gasteiger partial charge in [0.15, 0.2) is 0 Å². The summed E-state index contributed by atoms with van der Waals surface area (Å²) >= 11 is 0. The summed E-state index contributed by atoms with van der Waals surface area (Å²) < 4.78 is 0. The molecule has 0 heterocycles. The van der Waals surface area contributed by atoms with E-state index in [-0.39, 0.29) is 12.4 Å². The summed E-state index contributed by atoms with van der Waals surface area (Å²) in [5.41, 5.74) is 1.50. The van der Waals surface area contributed by atoms with E-state index in [1.807, 2.05) is 0 Å². The van der Waals surface area contributed by atoms with Crippen molar-refractivity contribution in [3.8, 4) is 0 Å². The molecule has 134 valence electrons. The fraction of sp³-hybridized carbons (Fsp3) is 0.714. The Balaban J connectivity index is 0.00000484. The largest absolute Gasteiger partial charge is 0.307 e. The van der Waals surface area contributed by atoms with E-state index in [1.54, 1.807) is 0 Å². The van der Waals surface area contributed by atoms with Crippen LogP contribution in [0.4, 0.5) is 0 Å². The van der Waals surface area contributed by atoms with Crippen LogP contribution in [0.5, 0.6) is 0 Å². The van der Waals surface area contributed by atoms with Crippen molar-refractivity contribution in [1.82, 2.24) is 4.90 Å². The molecule has 23 heavy (non-hydrogen) atoms. The number of hydrogen-bond acceptors (Lipinski definition) is 1. The number of aryl methyl sites for hydroxylation is 1. The van der Waals surface area contributed by atoms with Crippen LogP contribution >= 0.6 is 12.4 Å². The summed E-state index contributed by atoms with van der Waals surface area (Å²) in [4.78, 5) is 2.41. The molecule has 0 saturated heterocycles. The monoisotopic (exact) mass is 339 g/mol. The number of benzene rings is 1. The van der Waals surface area contributed by atoms with Crippen molar-refractivity contribution in [3.05, 3.63) is 35.9 Å². The maximum absolute atomic E-state index is 2.41. The van der Waals surface area contributed by atoms with Gasteiger partial charge in [0.25, 0.3) is 0 Å². The van der Waals surface area contributed by atoms with E-state index in [1.165, 1.54) is 89.3 Å². The van der Waals surface area contributed by atoms with Gasteiger partial charge in [0.05, 0.1) is 0 Å². The first-order valence-electron chi connectivity index (χ1n) is 9.55. The quantitative estimate of drug-likeness (QED) is 0.349. The third kappa shape index (κ3) is 13.6. The smallest absolute Gasteiger partial charge is 0.00219 e. The number of nitrogens with zero attached hydrogens (tertiary/aromatic N) is 1. The fourth-order valence-corrected chi connectivity index (χ4v) is 2.93. The molecular weight excluding hydrogens is 302 g/mol. The molecule has 0 amide bonds. The lowest BCUT2D eigenvalue weighted by molar-refractivity contribution is 0.340. The van der Waals surface area contributed by atoms with Crippen LogP contribution in [0.3, 0.4) is 0 Å². The number of hydrogen-bond donors (Lipinski definition) is 0. The molecule has 0 aliphatic carbocycles. The topological polar surface area (TPSA) is 3.24 Å². The molecule has 0 bridgehead atoms. The van der Waals surface area contributed by atoms with E-state index in [4.69, 9.17) is 0 Å². The lowest BCUT2D eigenvalue weighted by atomic mass is 10.0. The Hall–Kier alpha value is -0.530.